The minimum absolute atomic E-state index is 0.00259. The number of amides is 2. The van der Waals surface area contributed by atoms with Gasteiger partial charge in [0.25, 0.3) is 0 Å². The van der Waals surface area contributed by atoms with Crippen molar-refractivity contribution in [1.29, 1.82) is 0 Å². The van der Waals surface area contributed by atoms with E-state index in [1.165, 1.54) is 6.92 Å². The Kier molecular flexibility index (Phi) is 6.99. The average molecular weight is 412 g/mol. The number of piperazine rings is 1. The normalized spacial score (nSPS) is 14.6. The fraction of sp³-hybridized carbons (Fsp3) is 0.455. The number of Topliss-reactive ketones (excluding diaryl/α,β-unsaturated/α-hetero) is 1. The van der Waals surface area contributed by atoms with Crippen LogP contribution >= 0.6 is 0 Å². The van der Waals surface area contributed by atoms with Gasteiger partial charge in [-0.1, -0.05) is 5.16 Å². The van der Waals surface area contributed by atoms with E-state index in [4.69, 9.17) is 4.52 Å². The Morgan fingerprint density at radius 1 is 1.07 bits per heavy atom. The number of hydrogen-bond donors (Lipinski definition) is 1. The standard InChI is InChI=1S/C22H28N4O4/c1-15-20(17(3)30-24-15)14-22(29)26-12-10-25(11-13-26)9-8-21(28)23-19-6-4-18(5-7-19)16(2)27/h4-7H,8-14H2,1-3H3,(H,23,28). The van der Waals surface area contributed by atoms with Gasteiger partial charge in [-0.05, 0) is 45.0 Å². The molecule has 1 saturated heterocycles. The van der Waals surface area contributed by atoms with Crippen molar-refractivity contribution in [3.63, 3.8) is 0 Å². The zero-order chi connectivity index (χ0) is 21.7. The van der Waals surface area contributed by atoms with E-state index in [1.807, 2.05) is 18.7 Å². The van der Waals surface area contributed by atoms with Crippen LogP contribution in [0.1, 0.15) is 40.7 Å². The SMILES string of the molecule is CC(=O)c1ccc(NC(=O)CCN2CCN(C(=O)Cc3c(C)noc3C)CC2)cc1. The van der Waals surface area contributed by atoms with Gasteiger partial charge in [0, 0.05) is 56.0 Å². The van der Waals surface area contributed by atoms with E-state index in [2.05, 4.69) is 15.4 Å². The Hall–Kier alpha value is -3.00. The summed E-state index contributed by atoms with van der Waals surface area (Å²) in [5.74, 6) is 0.705. The molecule has 0 radical (unpaired) electrons. The summed E-state index contributed by atoms with van der Waals surface area (Å²) in [5, 5.41) is 6.76. The van der Waals surface area contributed by atoms with E-state index in [-0.39, 0.29) is 17.6 Å². The summed E-state index contributed by atoms with van der Waals surface area (Å²) in [5.41, 5.74) is 2.94. The van der Waals surface area contributed by atoms with Gasteiger partial charge in [-0.3, -0.25) is 19.3 Å². The summed E-state index contributed by atoms with van der Waals surface area (Å²) in [4.78, 5) is 40.1. The van der Waals surface area contributed by atoms with Gasteiger partial charge < -0.3 is 14.7 Å². The summed E-state index contributed by atoms with van der Waals surface area (Å²) in [6, 6.07) is 6.88. The lowest BCUT2D eigenvalue weighted by Gasteiger charge is -2.34. The second kappa shape index (κ2) is 9.67. The Bertz CT molecular complexity index is 892. The van der Waals surface area contributed by atoms with Crippen molar-refractivity contribution in [1.82, 2.24) is 15.0 Å². The lowest BCUT2D eigenvalue weighted by Crippen LogP contribution is -2.49. The monoisotopic (exact) mass is 412 g/mol. The number of benzene rings is 1. The third-order valence-corrected chi connectivity index (χ3v) is 5.46. The van der Waals surface area contributed by atoms with Crippen LogP contribution in [0, 0.1) is 13.8 Å². The Morgan fingerprint density at radius 3 is 2.30 bits per heavy atom. The molecule has 160 valence electrons. The number of nitrogens with zero attached hydrogens (tertiary/aromatic N) is 3. The molecule has 1 N–H and O–H groups in total. The molecule has 8 nitrogen and oxygen atoms in total. The van der Waals surface area contributed by atoms with Crippen molar-refractivity contribution in [2.45, 2.75) is 33.6 Å². The molecule has 3 rings (SSSR count). The molecule has 0 atom stereocenters. The zero-order valence-electron chi connectivity index (χ0n) is 17.7. The van der Waals surface area contributed by atoms with Gasteiger partial charge in [0.2, 0.25) is 11.8 Å². The molecular weight excluding hydrogens is 384 g/mol. The highest BCUT2D eigenvalue weighted by atomic mass is 16.5. The summed E-state index contributed by atoms with van der Waals surface area (Å²) in [6.45, 7) is 8.61. The van der Waals surface area contributed by atoms with Crippen LogP contribution in [0.4, 0.5) is 5.69 Å². The van der Waals surface area contributed by atoms with E-state index in [0.717, 1.165) is 24.3 Å². The highest BCUT2D eigenvalue weighted by molar-refractivity contribution is 5.95. The van der Waals surface area contributed by atoms with Crippen molar-refractivity contribution in [3.8, 4) is 0 Å². The molecular formula is C22H28N4O4. The molecule has 2 aromatic rings. The lowest BCUT2D eigenvalue weighted by atomic mass is 10.1. The predicted molar refractivity (Wildman–Crippen MR) is 112 cm³/mol. The van der Waals surface area contributed by atoms with E-state index in [9.17, 15) is 14.4 Å². The van der Waals surface area contributed by atoms with Gasteiger partial charge in [0.1, 0.15) is 5.76 Å². The predicted octanol–water partition coefficient (Wildman–Crippen LogP) is 2.21. The molecule has 8 heteroatoms. The van der Waals surface area contributed by atoms with Crippen LogP contribution in [0.25, 0.3) is 0 Å². The van der Waals surface area contributed by atoms with Crippen LogP contribution < -0.4 is 5.32 Å². The highest BCUT2D eigenvalue weighted by Gasteiger charge is 2.23. The topological polar surface area (TPSA) is 95.8 Å². The van der Waals surface area contributed by atoms with Crippen LogP contribution in [0.5, 0.6) is 0 Å². The fourth-order valence-electron chi connectivity index (χ4n) is 3.51. The minimum Gasteiger partial charge on any atom is -0.361 e. The molecule has 1 aromatic carbocycles. The molecule has 0 bridgehead atoms. The van der Waals surface area contributed by atoms with Gasteiger partial charge in [-0.15, -0.1) is 0 Å². The molecule has 0 unspecified atom stereocenters. The van der Waals surface area contributed by atoms with Crippen molar-refractivity contribution < 1.29 is 18.9 Å². The number of aromatic nitrogens is 1. The van der Waals surface area contributed by atoms with Crippen molar-refractivity contribution in [3.05, 3.63) is 46.8 Å². The number of hydrogen-bond acceptors (Lipinski definition) is 6. The van der Waals surface area contributed by atoms with Crippen LogP contribution in [-0.4, -0.2) is 65.3 Å². The van der Waals surface area contributed by atoms with E-state index >= 15 is 0 Å². The van der Waals surface area contributed by atoms with Gasteiger partial charge in [-0.25, -0.2) is 0 Å². The molecule has 2 amide bonds. The Balaban J connectivity index is 1.39. The summed E-state index contributed by atoms with van der Waals surface area (Å²) >= 11 is 0. The van der Waals surface area contributed by atoms with Crippen molar-refractivity contribution in [2.24, 2.45) is 0 Å². The molecule has 0 spiro atoms. The van der Waals surface area contributed by atoms with Crippen LogP contribution in [0.2, 0.25) is 0 Å². The number of ketones is 1. The fourth-order valence-corrected chi connectivity index (χ4v) is 3.51. The second-order valence-corrected chi connectivity index (χ2v) is 7.63. The lowest BCUT2D eigenvalue weighted by molar-refractivity contribution is -0.132. The first-order valence-corrected chi connectivity index (χ1v) is 10.2. The van der Waals surface area contributed by atoms with Gasteiger partial charge in [0.15, 0.2) is 5.78 Å². The molecule has 0 aliphatic carbocycles. The first-order valence-electron chi connectivity index (χ1n) is 10.2. The van der Waals surface area contributed by atoms with Crippen LogP contribution in [0.3, 0.4) is 0 Å². The van der Waals surface area contributed by atoms with E-state index in [0.29, 0.717) is 49.5 Å². The number of nitrogens with one attached hydrogen (secondary N) is 1. The number of anilines is 1. The molecule has 30 heavy (non-hydrogen) atoms. The smallest absolute Gasteiger partial charge is 0.227 e. The van der Waals surface area contributed by atoms with Crippen molar-refractivity contribution >= 4 is 23.3 Å². The third kappa shape index (κ3) is 5.54. The first-order chi connectivity index (χ1) is 14.3. The first kappa shape index (κ1) is 21.7. The maximum Gasteiger partial charge on any atom is 0.227 e. The van der Waals surface area contributed by atoms with Gasteiger partial charge in [0.05, 0.1) is 12.1 Å². The van der Waals surface area contributed by atoms with E-state index in [1.54, 1.807) is 24.3 Å². The molecule has 1 fully saturated rings. The third-order valence-electron chi connectivity index (χ3n) is 5.46. The maximum absolute atomic E-state index is 12.6. The summed E-state index contributed by atoms with van der Waals surface area (Å²) < 4.78 is 5.13. The van der Waals surface area contributed by atoms with Crippen LogP contribution in [0.15, 0.2) is 28.8 Å². The van der Waals surface area contributed by atoms with Gasteiger partial charge >= 0.3 is 0 Å². The molecule has 1 aromatic heterocycles. The summed E-state index contributed by atoms with van der Waals surface area (Å²) in [6.07, 6.45) is 0.688. The van der Waals surface area contributed by atoms with Crippen LogP contribution in [-0.2, 0) is 16.0 Å². The number of aryl methyl sites for hydroxylation is 2. The Morgan fingerprint density at radius 2 is 1.73 bits per heavy atom. The molecule has 0 saturated carbocycles. The average Bonchev–Trinajstić information content (AvgIpc) is 3.05. The summed E-state index contributed by atoms with van der Waals surface area (Å²) in [7, 11) is 0. The Labute approximate surface area is 176 Å². The number of rotatable bonds is 7. The second-order valence-electron chi connectivity index (χ2n) is 7.63. The maximum atomic E-state index is 12.6. The highest BCUT2D eigenvalue weighted by Crippen LogP contribution is 2.15. The minimum atomic E-state index is -0.0671. The van der Waals surface area contributed by atoms with Crippen molar-refractivity contribution in [2.75, 3.05) is 38.0 Å². The quantitative estimate of drug-likeness (QED) is 0.701. The molecule has 1 aliphatic rings. The molecule has 2 heterocycles. The molecule has 1 aliphatic heterocycles. The number of carbonyl (C=O) groups is 3. The van der Waals surface area contributed by atoms with E-state index < -0.39 is 0 Å². The zero-order valence-corrected chi connectivity index (χ0v) is 17.7. The number of carbonyl (C=O) groups excluding carboxylic acids is 3. The largest absolute Gasteiger partial charge is 0.361 e. The van der Waals surface area contributed by atoms with Gasteiger partial charge in [-0.2, -0.15) is 0 Å².